The van der Waals surface area contributed by atoms with Gasteiger partial charge in [0.15, 0.2) is 0 Å². The van der Waals surface area contributed by atoms with Crippen LogP contribution >= 0.6 is 0 Å². The topological polar surface area (TPSA) is 69.0 Å². The average Bonchev–Trinajstić information content (AvgIpc) is 3.54. The lowest BCUT2D eigenvalue weighted by atomic mass is 10.2. The van der Waals surface area contributed by atoms with Crippen LogP contribution in [0.5, 0.6) is 5.88 Å². The van der Waals surface area contributed by atoms with Gasteiger partial charge in [0.25, 0.3) is 0 Å². The summed E-state index contributed by atoms with van der Waals surface area (Å²) in [6.07, 6.45) is 8.01. The number of hydrogen-bond donors (Lipinski definition) is 1. The van der Waals surface area contributed by atoms with E-state index < -0.39 is 0 Å². The lowest BCUT2D eigenvalue weighted by Gasteiger charge is -2.10. The summed E-state index contributed by atoms with van der Waals surface area (Å²) in [5.41, 5.74) is 3.00. The molecule has 5 rings (SSSR count). The maximum atomic E-state index is 12.0. The van der Waals surface area contributed by atoms with E-state index in [9.17, 15) is 4.79 Å². The number of fused-ring (bicyclic) bond motifs is 1. The van der Waals surface area contributed by atoms with Gasteiger partial charge in [-0.25, -0.2) is 9.97 Å². The van der Waals surface area contributed by atoms with Crippen molar-refractivity contribution in [2.45, 2.75) is 31.8 Å². The molecule has 132 valence electrons. The Kier molecular flexibility index (Phi) is 3.45. The minimum Gasteiger partial charge on any atom is -0.474 e. The minimum atomic E-state index is 0.0698. The Labute approximate surface area is 151 Å². The van der Waals surface area contributed by atoms with Crippen LogP contribution in [-0.2, 0) is 11.8 Å². The highest BCUT2D eigenvalue weighted by atomic mass is 16.5. The molecular formula is C20H20N4O2. The summed E-state index contributed by atoms with van der Waals surface area (Å²) < 4.78 is 8.06. The summed E-state index contributed by atoms with van der Waals surface area (Å²) in [6.45, 7) is 0. The molecule has 6 heteroatoms. The third-order valence-corrected chi connectivity index (χ3v) is 4.98. The number of carbonyl (C=O) groups excluding carboxylic acids is 1. The van der Waals surface area contributed by atoms with Crippen LogP contribution in [0.1, 0.15) is 25.7 Å². The fourth-order valence-corrected chi connectivity index (χ4v) is 3.16. The number of aryl methyl sites for hydroxylation is 1. The number of nitrogens with zero attached hydrogens (tertiary/aromatic N) is 3. The third kappa shape index (κ3) is 2.81. The second-order valence-corrected chi connectivity index (χ2v) is 7.15. The van der Waals surface area contributed by atoms with Crippen molar-refractivity contribution in [3.8, 4) is 17.1 Å². The molecule has 1 amide bonds. The quantitative estimate of drug-likeness (QED) is 0.766. The van der Waals surface area contributed by atoms with Crippen LogP contribution in [0.25, 0.3) is 22.2 Å². The predicted octanol–water partition coefficient (Wildman–Crippen LogP) is 3.53. The van der Waals surface area contributed by atoms with Crippen molar-refractivity contribution < 1.29 is 9.53 Å². The largest absolute Gasteiger partial charge is 0.474 e. The first-order valence-corrected chi connectivity index (χ1v) is 9.07. The molecule has 2 fully saturated rings. The van der Waals surface area contributed by atoms with E-state index >= 15 is 0 Å². The van der Waals surface area contributed by atoms with Crippen LogP contribution < -0.4 is 10.1 Å². The fourth-order valence-electron chi connectivity index (χ4n) is 3.16. The maximum Gasteiger partial charge on any atom is 0.228 e. The zero-order valence-electron chi connectivity index (χ0n) is 14.6. The standard InChI is InChI=1S/C20H20N4O2/c1-24-16(15-3-2-8-21-20(15)26-14-6-7-14)9-13-10-18(22-11-17(13)24)23-19(25)12-4-5-12/h2-3,8-12,14H,4-7H2,1H3,(H,22,23,25). The Bertz CT molecular complexity index is 1000. The summed E-state index contributed by atoms with van der Waals surface area (Å²) in [5.74, 6) is 1.51. The molecule has 6 nitrogen and oxygen atoms in total. The van der Waals surface area contributed by atoms with Gasteiger partial charge in [0.1, 0.15) is 11.9 Å². The molecule has 26 heavy (non-hydrogen) atoms. The van der Waals surface area contributed by atoms with Crippen LogP contribution in [0.15, 0.2) is 36.7 Å². The molecule has 0 aromatic carbocycles. The zero-order valence-corrected chi connectivity index (χ0v) is 14.6. The zero-order chi connectivity index (χ0) is 17.7. The summed E-state index contributed by atoms with van der Waals surface area (Å²) in [4.78, 5) is 20.8. The molecule has 3 heterocycles. The van der Waals surface area contributed by atoms with E-state index in [1.807, 2.05) is 25.2 Å². The van der Waals surface area contributed by atoms with Gasteiger partial charge in [-0.3, -0.25) is 4.79 Å². The molecule has 3 aromatic rings. The number of ether oxygens (including phenoxy) is 1. The third-order valence-electron chi connectivity index (χ3n) is 4.98. The molecular weight excluding hydrogens is 328 g/mol. The summed E-state index contributed by atoms with van der Waals surface area (Å²) in [5, 5.41) is 3.95. The van der Waals surface area contributed by atoms with Gasteiger partial charge in [0.05, 0.1) is 23.0 Å². The second kappa shape index (κ2) is 5.83. The molecule has 2 aliphatic carbocycles. The van der Waals surface area contributed by atoms with E-state index in [1.165, 1.54) is 0 Å². The number of rotatable bonds is 5. The summed E-state index contributed by atoms with van der Waals surface area (Å²) in [7, 11) is 2.01. The average molecular weight is 348 g/mol. The van der Waals surface area contributed by atoms with Crippen LogP contribution in [0.4, 0.5) is 5.82 Å². The summed E-state index contributed by atoms with van der Waals surface area (Å²) in [6, 6.07) is 7.98. The number of anilines is 1. The number of nitrogens with one attached hydrogen (secondary N) is 1. The Morgan fingerprint density at radius 1 is 1.23 bits per heavy atom. The normalized spacial score (nSPS) is 16.7. The van der Waals surface area contributed by atoms with E-state index in [-0.39, 0.29) is 11.8 Å². The lowest BCUT2D eigenvalue weighted by Crippen LogP contribution is -2.14. The van der Waals surface area contributed by atoms with E-state index in [0.717, 1.165) is 47.8 Å². The van der Waals surface area contributed by atoms with Gasteiger partial charge in [-0.2, -0.15) is 0 Å². The van der Waals surface area contributed by atoms with Crippen LogP contribution in [0.3, 0.4) is 0 Å². The monoisotopic (exact) mass is 348 g/mol. The van der Waals surface area contributed by atoms with Gasteiger partial charge >= 0.3 is 0 Å². The fraction of sp³-hybridized carbons (Fsp3) is 0.350. The Morgan fingerprint density at radius 2 is 2.08 bits per heavy atom. The number of pyridine rings is 2. The molecule has 3 aromatic heterocycles. The minimum absolute atomic E-state index is 0.0698. The van der Waals surface area contributed by atoms with Gasteiger partial charge in [-0.05, 0) is 49.9 Å². The number of carbonyl (C=O) groups is 1. The first-order chi connectivity index (χ1) is 12.7. The number of hydrogen-bond acceptors (Lipinski definition) is 4. The van der Waals surface area contributed by atoms with Crippen molar-refractivity contribution in [1.82, 2.24) is 14.5 Å². The molecule has 2 aliphatic rings. The molecule has 2 saturated carbocycles. The molecule has 0 spiro atoms. The molecule has 0 saturated heterocycles. The van der Waals surface area contributed by atoms with Crippen molar-refractivity contribution in [3.05, 3.63) is 36.7 Å². The SMILES string of the molecule is Cn1c(-c2cccnc2OC2CC2)cc2cc(NC(=O)C3CC3)ncc21. The number of amides is 1. The number of aromatic nitrogens is 3. The van der Waals surface area contributed by atoms with E-state index in [2.05, 4.69) is 25.9 Å². The smallest absolute Gasteiger partial charge is 0.228 e. The molecule has 0 radical (unpaired) electrons. The van der Waals surface area contributed by atoms with Gasteiger partial charge < -0.3 is 14.6 Å². The van der Waals surface area contributed by atoms with Gasteiger partial charge in [-0.1, -0.05) is 0 Å². The van der Waals surface area contributed by atoms with Gasteiger partial charge in [0, 0.05) is 24.5 Å². The van der Waals surface area contributed by atoms with Crippen molar-refractivity contribution >= 4 is 22.6 Å². The van der Waals surface area contributed by atoms with E-state index in [1.54, 1.807) is 12.4 Å². The van der Waals surface area contributed by atoms with Crippen molar-refractivity contribution in [2.24, 2.45) is 13.0 Å². The first-order valence-electron chi connectivity index (χ1n) is 9.07. The molecule has 0 unspecified atom stereocenters. The Hall–Kier alpha value is -2.89. The van der Waals surface area contributed by atoms with Crippen LogP contribution in [0.2, 0.25) is 0 Å². The van der Waals surface area contributed by atoms with E-state index in [4.69, 9.17) is 4.74 Å². The maximum absolute atomic E-state index is 12.0. The van der Waals surface area contributed by atoms with E-state index in [0.29, 0.717) is 17.8 Å². The highest BCUT2D eigenvalue weighted by molar-refractivity contribution is 5.96. The van der Waals surface area contributed by atoms with Crippen molar-refractivity contribution in [1.29, 1.82) is 0 Å². The van der Waals surface area contributed by atoms with Crippen molar-refractivity contribution in [3.63, 3.8) is 0 Å². The van der Waals surface area contributed by atoms with Crippen LogP contribution in [0, 0.1) is 5.92 Å². The van der Waals surface area contributed by atoms with Crippen molar-refractivity contribution in [2.75, 3.05) is 5.32 Å². The first kappa shape index (κ1) is 15.4. The van der Waals surface area contributed by atoms with Gasteiger partial charge in [0.2, 0.25) is 11.8 Å². The Morgan fingerprint density at radius 3 is 2.85 bits per heavy atom. The summed E-state index contributed by atoms with van der Waals surface area (Å²) >= 11 is 0. The molecule has 0 atom stereocenters. The predicted molar refractivity (Wildman–Crippen MR) is 98.9 cm³/mol. The molecule has 0 bridgehead atoms. The molecule has 0 aliphatic heterocycles. The second-order valence-electron chi connectivity index (χ2n) is 7.15. The highest BCUT2D eigenvalue weighted by Gasteiger charge is 2.30. The Balaban J connectivity index is 1.52. The molecule has 1 N–H and O–H groups in total. The lowest BCUT2D eigenvalue weighted by molar-refractivity contribution is -0.117. The highest BCUT2D eigenvalue weighted by Crippen LogP contribution is 2.36. The van der Waals surface area contributed by atoms with Gasteiger partial charge in [-0.15, -0.1) is 0 Å². The van der Waals surface area contributed by atoms with Crippen LogP contribution in [-0.4, -0.2) is 26.5 Å².